The van der Waals surface area contributed by atoms with Gasteiger partial charge in [-0.05, 0) is 36.4 Å². The van der Waals surface area contributed by atoms with Crippen LogP contribution in [0.4, 0.5) is 5.69 Å². The standard InChI is InChI=1S/C18H14N6O/c1-12(25)20-15-4-2-3-14(11-15)16-5-6-17-21-22-18(24(17)23-16)13-7-9-19-10-8-13/h2-11H,1H3,(H,20,25). The number of benzene rings is 1. The molecule has 0 unspecified atom stereocenters. The number of carbonyl (C=O) groups is 1. The van der Waals surface area contributed by atoms with E-state index in [2.05, 4.69) is 25.6 Å². The highest BCUT2D eigenvalue weighted by Gasteiger charge is 2.11. The van der Waals surface area contributed by atoms with Gasteiger partial charge in [-0.1, -0.05) is 12.1 Å². The van der Waals surface area contributed by atoms with Crippen molar-refractivity contribution in [2.75, 3.05) is 5.32 Å². The normalized spacial score (nSPS) is 10.8. The van der Waals surface area contributed by atoms with E-state index >= 15 is 0 Å². The Bertz CT molecular complexity index is 1060. The maximum Gasteiger partial charge on any atom is 0.221 e. The zero-order valence-corrected chi connectivity index (χ0v) is 13.4. The Balaban J connectivity index is 1.80. The Morgan fingerprint density at radius 2 is 1.84 bits per heavy atom. The average Bonchev–Trinajstić information content (AvgIpc) is 3.05. The summed E-state index contributed by atoms with van der Waals surface area (Å²) in [5, 5.41) is 15.8. The number of amides is 1. The van der Waals surface area contributed by atoms with Gasteiger partial charge in [-0.15, -0.1) is 10.2 Å². The van der Waals surface area contributed by atoms with Crippen molar-refractivity contribution in [3.8, 4) is 22.6 Å². The second kappa shape index (κ2) is 6.12. The molecule has 0 atom stereocenters. The molecule has 0 aliphatic heterocycles. The zero-order valence-electron chi connectivity index (χ0n) is 13.4. The SMILES string of the molecule is CC(=O)Nc1cccc(-c2ccc3nnc(-c4ccncc4)n3n2)c1. The highest BCUT2D eigenvalue weighted by molar-refractivity contribution is 5.89. The Morgan fingerprint density at radius 1 is 1.00 bits per heavy atom. The summed E-state index contributed by atoms with van der Waals surface area (Å²) in [6, 6.07) is 15.0. The summed E-state index contributed by atoms with van der Waals surface area (Å²) in [6.45, 7) is 1.48. The molecule has 4 aromatic rings. The molecular weight excluding hydrogens is 316 g/mol. The minimum Gasteiger partial charge on any atom is -0.326 e. The van der Waals surface area contributed by atoms with E-state index in [9.17, 15) is 4.79 Å². The molecule has 1 N–H and O–H groups in total. The van der Waals surface area contributed by atoms with Gasteiger partial charge >= 0.3 is 0 Å². The van der Waals surface area contributed by atoms with Gasteiger partial charge in [-0.3, -0.25) is 9.78 Å². The number of pyridine rings is 1. The largest absolute Gasteiger partial charge is 0.326 e. The highest BCUT2D eigenvalue weighted by atomic mass is 16.1. The summed E-state index contributed by atoms with van der Waals surface area (Å²) < 4.78 is 1.70. The summed E-state index contributed by atoms with van der Waals surface area (Å²) in [4.78, 5) is 15.3. The molecular formula is C18H14N6O. The number of fused-ring (bicyclic) bond motifs is 1. The number of nitrogens with zero attached hydrogens (tertiary/aromatic N) is 5. The summed E-state index contributed by atoms with van der Waals surface area (Å²) in [6.07, 6.45) is 3.41. The number of rotatable bonds is 3. The first-order valence-electron chi connectivity index (χ1n) is 7.71. The lowest BCUT2D eigenvalue weighted by atomic mass is 10.1. The van der Waals surface area contributed by atoms with E-state index < -0.39 is 0 Å². The first kappa shape index (κ1) is 14.9. The molecule has 0 saturated heterocycles. The van der Waals surface area contributed by atoms with Crippen LogP contribution in [0.1, 0.15) is 6.92 Å². The first-order valence-corrected chi connectivity index (χ1v) is 7.71. The quantitative estimate of drug-likeness (QED) is 0.624. The summed E-state index contributed by atoms with van der Waals surface area (Å²) >= 11 is 0. The minimum absolute atomic E-state index is 0.112. The molecule has 0 aliphatic rings. The van der Waals surface area contributed by atoms with E-state index in [1.165, 1.54) is 6.92 Å². The van der Waals surface area contributed by atoms with Gasteiger partial charge in [0.15, 0.2) is 11.5 Å². The maximum absolute atomic E-state index is 11.3. The van der Waals surface area contributed by atoms with Crippen molar-refractivity contribution in [3.05, 3.63) is 60.9 Å². The number of nitrogens with one attached hydrogen (secondary N) is 1. The lowest BCUT2D eigenvalue weighted by Crippen LogP contribution is -2.05. The van der Waals surface area contributed by atoms with Gasteiger partial charge < -0.3 is 5.32 Å². The molecule has 1 amide bonds. The van der Waals surface area contributed by atoms with Crippen molar-refractivity contribution in [2.45, 2.75) is 6.92 Å². The van der Waals surface area contributed by atoms with Crippen molar-refractivity contribution >= 4 is 17.2 Å². The molecule has 0 bridgehead atoms. The van der Waals surface area contributed by atoms with Crippen LogP contribution in [0.2, 0.25) is 0 Å². The van der Waals surface area contributed by atoms with Crippen LogP contribution in [0.5, 0.6) is 0 Å². The van der Waals surface area contributed by atoms with Gasteiger partial charge in [0, 0.05) is 36.1 Å². The van der Waals surface area contributed by atoms with Crippen molar-refractivity contribution in [1.29, 1.82) is 0 Å². The van der Waals surface area contributed by atoms with Gasteiger partial charge in [0.1, 0.15) is 0 Å². The Kier molecular flexibility index (Phi) is 3.66. The molecule has 1 aromatic carbocycles. The molecule has 3 aromatic heterocycles. The highest BCUT2D eigenvalue weighted by Crippen LogP contribution is 2.23. The van der Waals surface area contributed by atoms with Crippen LogP contribution in [0.3, 0.4) is 0 Å². The fraction of sp³-hybridized carbons (Fsp3) is 0.0556. The van der Waals surface area contributed by atoms with E-state index in [0.29, 0.717) is 11.5 Å². The Labute approximate surface area is 143 Å². The van der Waals surface area contributed by atoms with Crippen molar-refractivity contribution < 1.29 is 4.79 Å². The molecule has 0 spiro atoms. The molecule has 0 saturated carbocycles. The van der Waals surface area contributed by atoms with E-state index in [0.717, 1.165) is 22.5 Å². The predicted molar refractivity (Wildman–Crippen MR) is 93.8 cm³/mol. The minimum atomic E-state index is -0.112. The molecule has 25 heavy (non-hydrogen) atoms. The number of hydrogen-bond donors (Lipinski definition) is 1. The van der Waals surface area contributed by atoms with Gasteiger partial charge in [0.05, 0.1) is 5.69 Å². The van der Waals surface area contributed by atoms with Crippen LogP contribution < -0.4 is 5.32 Å². The number of hydrogen-bond acceptors (Lipinski definition) is 5. The first-order chi connectivity index (χ1) is 12.2. The van der Waals surface area contributed by atoms with Crippen LogP contribution in [0, 0.1) is 0 Å². The lowest BCUT2D eigenvalue weighted by Gasteiger charge is -2.06. The third-order valence-electron chi connectivity index (χ3n) is 3.68. The molecule has 0 radical (unpaired) electrons. The smallest absolute Gasteiger partial charge is 0.221 e. The summed E-state index contributed by atoms with van der Waals surface area (Å²) in [5.41, 5.74) is 3.93. The third kappa shape index (κ3) is 2.94. The average molecular weight is 330 g/mol. The number of aromatic nitrogens is 5. The third-order valence-corrected chi connectivity index (χ3v) is 3.68. The maximum atomic E-state index is 11.3. The molecule has 0 aliphatic carbocycles. The second-order valence-corrected chi connectivity index (χ2v) is 5.51. The van der Waals surface area contributed by atoms with Crippen molar-refractivity contribution in [1.82, 2.24) is 24.8 Å². The monoisotopic (exact) mass is 330 g/mol. The molecule has 3 heterocycles. The van der Waals surface area contributed by atoms with E-state index in [-0.39, 0.29) is 5.91 Å². The van der Waals surface area contributed by atoms with Gasteiger partial charge in [-0.2, -0.15) is 9.61 Å². The fourth-order valence-electron chi connectivity index (χ4n) is 2.58. The molecule has 4 rings (SSSR count). The van der Waals surface area contributed by atoms with E-state index in [1.807, 2.05) is 48.5 Å². The molecule has 7 nitrogen and oxygen atoms in total. The molecule has 122 valence electrons. The summed E-state index contributed by atoms with van der Waals surface area (Å²) in [7, 11) is 0. The van der Waals surface area contributed by atoms with Gasteiger partial charge in [0.2, 0.25) is 5.91 Å². The van der Waals surface area contributed by atoms with Crippen LogP contribution in [-0.2, 0) is 4.79 Å². The topological polar surface area (TPSA) is 85.1 Å². The van der Waals surface area contributed by atoms with Crippen LogP contribution in [-0.4, -0.2) is 30.7 Å². The zero-order chi connectivity index (χ0) is 17.2. The van der Waals surface area contributed by atoms with Crippen molar-refractivity contribution in [3.63, 3.8) is 0 Å². The van der Waals surface area contributed by atoms with E-state index in [1.54, 1.807) is 16.9 Å². The van der Waals surface area contributed by atoms with Gasteiger partial charge in [0.25, 0.3) is 0 Å². The second-order valence-electron chi connectivity index (χ2n) is 5.51. The lowest BCUT2D eigenvalue weighted by molar-refractivity contribution is -0.114. The molecule has 7 heteroatoms. The van der Waals surface area contributed by atoms with E-state index in [4.69, 9.17) is 0 Å². The predicted octanol–water partition coefficient (Wildman–Crippen LogP) is 2.81. The number of carbonyl (C=O) groups excluding carboxylic acids is 1. The Morgan fingerprint density at radius 3 is 2.64 bits per heavy atom. The van der Waals surface area contributed by atoms with Crippen molar-refractivity contribution in [2.24, 2.45) is 0 Å². The molecule has 0 fully saturated rings. The Hall–Kier alpha value is -3.61. The summed E-state index contributed by atoms with van der Waals surface area (Å²) in [5.74, 6) is 0.539. The van der Waals surface area contributed by atoms with Crippen LogP contribution >= 0.6 is 0 Å². The number of anilines is 1. The van der Waals surface area contributed by atoms with Crippen LogP contribution in [0.15, 0.2) is 60.9 Å². The van der Waals surface area contributed by atoms with Gasteiger partial charge in [-0.25, -0.2) is 0 Å². The van der Waals surface area contributed by atoms with Crippen LogP contribution in [0.25, 0.3) is 28.3 Å². The fourth-order valence-corrected chi connectivity index (χ4v) is 2.58.